The van der Waals surface area contributed by atoms with Crippen molar-refractivity contribution < 1.29 is 49.4 Å². The van der Waals surface area contributed by atoms with E-state index in [0.29, 0.717) is 19.3 Å². The van der Waals surface area contributed by atoms with E-state index in [9.17, 15) is 39.9 Å². The maximum absolute atomic E-state index is 13.7. The number of carboxylic acid groups (broad SMARTS) is 1. The highest BCUT2D eigenvalue weighted by Crippen LogP contribution is 2.66. The van der Waals surface area contributed by atoms with Gasteiger partial charge in [-0.1, -0.05) is 13.8 Å². The molecule has 0 bridgehead atoms. The van der Waals surface area contributed by atoms with Crippen molar-refractivity contribution in [3.63, 3.8) is 0 Å². The number of fused-ring (bicyclic) bond motifs is 5. The molecule has 0 radical (unpaired) electrons. The van der Waals surface area contributed by atoms with Gasteiger partial charge in [0.15, 0.2) is 18.2 Å². The van der Waals surface area contributed by atoms with Crippen molar-refractivity contribution >= 4 is 17.5 Å². The van der Waals surface area contributed by atoms with Crippen molar-refractivity contribution in [3.8, 4) is 0 Å². The Morgan fingerprint density at radius 1 is 1.00 bits per heavy atom. The summed E-state index contributed by atoms with van der Waals surface area (Å²) < 4.78 is 11.3. The van der Waals surface area contributed by atoms with E-state index in [1.165, 1.54) is 0 Å². The Morgan fingerprint density at radius 3 is 2.41 bits per heavy atom. The number of ether oxygens (including phenoxy) is 2. The van der Waals surface area contributed by atoms with Crippen LogP contribution in [0.3, 0.4) is 0 Å². The lowest BCUT2D eigenvalue weighted by molar-refractivity contribution is -0.309. The predicted molar refractivity (Wildman–Crippen MR) is 127 cm³/mol. The lowest BCUT2D eigenvalue weighted by atomic mass is 9.44. The molecule has 4 aliphatic carbocycles. The number of aliphatic carboxylic acids is 1. The number of rotatable bonds is 5. The van der Waals surface area contributed by atoms with Gasteiger partial charge in [0.2, 0.25) is 0 Å². The van der Waals surface area contributed by atoms with E-state index in [1.54, 1.807) is 0 Å². The standard InChI is InChI=1S/C27H40O10/c1-26-8-7-13(36-25-22(33)20(31)21(32)23(37-25)24(34)35)9-12(26)3-4-14-15-5-6-16(18(30)11-28)27(15,2)10-17(29)19(14)26/h12-16,19-23,25,28,31-33H,3-11H2,1-2H3,(H,34,35)/t12-,13+,14-,15+,16+,19+,20-,21-,22+,23-,25+,26-,27-/m0/s1. The van der Waals surface area contributed by atoms with Gasteiger partial charge in [-0.3, -0.25) is 9.59 Å². The zero-order chi connectivity index (χ0) is 26.9. The Balaban J connectivity index is 1.29. The first kappa shape index (κ1) is 27.1. The fourth-order valence-corrected chi connectivity index (χ4v) is 9.15. The molecule has 208 valence electrons. The Kier molecular flexibility index (Phi) is 7.07. The number of carbonyl (C=O) groups is 3. The Bertz CT molecular complexity index is 938. The summed E-state index contributed by atoms with van der Waals surface area (Å²) in [4.78, 5) is 37.7. The van der Waals surface area contributed by atoms with E-state index in [4.69, 9.17) is 9.47 Å². The minimum Gasteiger partial charge on any atom is -0.479 e. The molecule has 10 heteroatoms. The maximum Gasteiger partial charge on any atom is 0.335 e. The highest BCUT2D eigenvalue weighted by molar-refractivity contribution is 5.88. The van der Waals surface area contributed by atoms with Crippen molar-refractivity contribution in [2.45, 2.75) is 102 Å². The number of Topliss-reactive ketones (excluding diaryl/α,β-unsaturated/α-hetero) is 2. The molecular weight excluding hydrogens is 484 g/mol. The number of hydrogen-bond donors (Lipinski definition) is 5. The second kappa shape index (κ2) is 9.64. The molecule has 37 heavy (non-hydrogen) atoms. The van der Waals surface area contributed by atoms with Gasteiger partial charge in [0, 0.05) is 18.3 Å². The second-order valence-corrected chi connectivity index (χ2v) is 12.7. The molecule has 5 N–H and O–H groups in total. The Morgan fingerprint density at radius 2 is 1.73 bits per heavy atom. The molecule has 0 aromatic rings. The summed E-state index contributed by atoms with van der Waals surface area (Å²) in [6, 6.07) is 0. The maximum atomic E-state index is 13.7. The number of aliphatic hydroxyl groups excluding tert-OH is 4. The SMILES string of the molecule is C[C@]12CC[C@@H](O[C@@H]3O[C@H](C(=O)O)[C@@H](O)[C@H](O)[C@H]3O)C[C@@H]1CC[C@H]1[C@H]3CC[C@H](C(=O)CO)[C@@]3(C)CC(=O)[C@@H]12. The molecule has 0 spiro atoms. The molecule has 13 atom stereocenters. The first-order valence-corrected chi connectivity index (χ1v) is 13.7. The van der Waals surface area contributed by atoms with Gasteiger partial charge in [0.25, 0.3) is 0 Å². The third-order valence-electron chi connectivity index (χ3n) is 11.0. The number of ketones is 2. The van der Waals surface area contributed by atoms with Crippen LogP contribution in [0.25, 0.3) is 0 Å². The molecule has 1 aliphatic heterocycles. The summed E-state index contributed by atoms with van der Waals surface area (Å²) in [5.74, 6) is -1.01. The van der Waals surface area contributed by atoms with Crippen molar-refractivity contribution in [2.75, 3.05) is 6.61 Å². The number of carbonyl (C=O) groups excluding carboxylic acids is 2. The molecular formula is C27H40O10. The van der Waals surface area contributed by atoms with E-state index in [0.717, 1.165) is 32.1 Å². The van der Waals surface area contributed by atoms with Crippen LogP contribution in [0.1, 0.15) is 65.2 Å². The molecule has 1 saturated heterocycles. The average molecular weight is 525 g/mol. The fraction of sp³-hybridized carbons (Fsp3) is 0.889. The quantitative estimate of drug-likeness (QED) is 0.322. The van der Waals surface area contributed by atoms with Gasteiger partial charge >= 0.3 is 5.97 Å². The third kappa shape index (κ3) is 4.19. The molecule has 1 heterocycles. The number of hydrogen-bond acceptors (Lipinski definition) is 9. The summed E-state index contributed by atoms with van der Waals surface area (Å²) in [7, 11) is 0. The second-order valence-electron chi connectivity index (χ2n) is 12.7. The Hall–Kier alpha value is -1.43. The van der Waals surface area contributed by atoms with Gasteiger partial charge in [-0.2, -0.15) is 0 Å². The van der Waals surface area contributed by atoms with E-state index >= 15 is 0 Å². The molecule has 5 rings (SSSR count). The zero-order valence-corrected chi connectivity index (χ0v) is 21.5. The van der Waals surface area contributed by atoms with Crippen LogP contribution in [0, 0.1) is 40.4 Å². The minimum atomic E-state index is -1.76. The fourth-order valence-electron chi connectivity index (χ4n) is 9.15. The molecule has 10 nitrogen and oxygen atoms in total. The lowest BCUT2D eigenvalue weighted by Crippen LogP contribution is -2.61. The van der Waals surface area contributed by atoms with Crippen LogP contribution < -0.4 is 0 Å². The normalized spacial score (nSPS) is 51.6. The zero-order valence-electron chi connectivity index (χ0n) is 21.5. The minimum absolute atomic E-state index is 0.0851. The largest absolute Gasteiger partial charge is 0.479 e. The number of carboxylic acids is 1. The summed E-state index contributed by atoms with van der Waals surface area (Å²) in [6.07, 6.45) is -2.70. The topological polar surface area (TPSA) is 171 Å². The first-order chi connectivity index (χ1) is 17.4. The van der Waals surface area contributed by atoms with Crippen LogP contribution in [0.5, 0.6) is 0 Å². The molecule has 0 aromatic carbocycles. The molecule has 4 saturated carbocycles. The van der Waals surface area contributed by atoms with Crippen LogP contribution in [0.4, 0.5) is 0 Å². The first-order valence-electron chi connectivity index (χ1n) is 13.7. The highest BCUT2D eigenvalue weighted by atomic mass is 16.7. The van der Waals surface area contributed by atoms with Crippen molar-refractivity contribution in [1.29, 1.82) is 0 Å². The van der Waals surface area contributed by atoms with Gasteiger partial charge in [-0.15, -0.1) is 0 Å². The van der Waals surface area contributed by atoms with Gasteiger partial charge in [0.1, 0.15) is 30.7 Å². The molecule has 5 fully saturated rings. The third-order valence-corrected chi connectivity index (χ3v) is 11.0. The van der Waals surface area contributed by atoms with Gasteiger partial charge in [0.05, 0.1) is 6.10 Å². The predicted octanol–water partition coefficient (Wildman–Crippen LogP) is 0.663. The van der Waals surface area contributed by atoms with E-state index in [2.05, 4.69) is 13.8 Å². The molecule has 5 aliphatic rings. The van der Waals surface area contributed by atoms with Crippen LogP contribution in [-0.4, -0.2) is 86.5 Å². The molecule has 0 unspecified atom stereocenters. The Labute approximate surface area is 216 Å². The van der Waals surface area contributed by atoms with Crippen molar-refractivity contribution in [1.82, 2.24) is 0 Å². The summed E-state index contributed by atoms with van der Waals surface area (Å²) in [5, 5.41) is 49.2. The molecule has 0 aromatic heterocycles. The summed E-state index contributed by atoms with van der Waals surface area (Å²) in [5.41, 5.74) is -0.603. The smallest absolute Gasteiger partial charge is 0.335 e. The van der Waals surface area contributed by atoms with Crippen LogP contribution in [-0.2, 0) is 23.9 Å². The van der Waals surface area contributed by atoms with Gasteiger partial charge < -0.3 is 35.0 Å². The van der Waals surface area contributed by atoms with Crippen LogP contribution in [0.2, 0.25) is 0 Å². The van der Waals surface area contributed by atoms with E-state index in [1.807, 2.05) is 0 Å². The molecule has 0 amide bonds. The van der Waals surface area contributed by atoms with Gasteiger partial charge in [-0.05, 0) is 73.5 Å². The summed E-state index contributed by atoms with van der Waals surface area (Å²) >= 11 is 0. The lowest BCUT2D eigenvalue weighted by Gasteiger charge is -2.60. The monoisotopic (exact) mass is 524 g/mol. The van der Waals surface area contributed by atoms with Crippen LogP contribution >= 0.6 is 0 Å². The van der Waals surface area contributed by atoms with Crippen molar-refractivity contribution in [2.24, 2.45) is 40.4 Å². The number of aliphatic hydroxyl groups is 4. The highest BCUT2D eigenvalue weighted by Gasteiger charge is 2.64. The summed E-state index contributed by atoms with van der Waals surface area (Å²) in [6.45, 7) is 3.80. The van der Waals surface area contributed by atoms with Crippen LogP contribution in [0.15, 0.2) is 0 Å². The van der Waals surface area contributed by atoms with Gasteiger partial charge in [-0.25, -0.2) is 4.79 Å². The van der Waals surface area contributed by atoms with Crippen molar-refractivity contribution in [3.05, 3.63) is 0 Å². The average Bonchev–Trinajstić information content (AvgIpc) is 3.19. The van der Waals surface area contributed by atoms with E-state index < -0.39 is 43.3 Å². The van der Waals surface area contributed by atoms with E-state index in [-0.39, 0.29) is 58.1 Å².